The lowest BCUT2D eigenvalue weighted by Gasteiger charge is -2.23. The maximum atomic E-state index is 12.6. The molecule has 1 N–H and O–H groups in total. The van der Waals surface area contributed by atoms with Crippen molar-refractivity contribution in [1.29, 1.82) is 0 Å². The van der Waals surface area contributed by atoms with Crippen LogP contribution in [-0.2, 0) is 7.05 Å². The van der Waals surface area contributed by atoms with Crippen molar-refractivity contribution in [3.8, 4) is 0 Å². The number of anilines is 1. The van der Waals surface area contributed by atoms with Gasteiger partial charge in [0.2, 0.25) is 5.95 Å². The van der Waals surface area contributed by atoms with E-state index in [4.69, 9.17) is 4.52 Å². The van der Waals surface area contributed by atoms with Gasteiger partial charge in [0.15, 0.2) is 0 Å². The fraction of sp³-hybridized carbons (Fsp3) is 0.667. The van der Waals surface area contributed by atoms with Crippen molar-refractivity contribution in [3.63, 3.8) is 0 Å². The zero-order chi connectivity index (χ0) is 16.3. The molecular weight excluding hydrogens is 310 g/mol. The number of carbonyl (C=O) groups excluding carboxylic acids is 1. The van der Waals surface area contributed by atoms with Crippen LogP contribution >= 0.6 is 0 Å². The SMILES string of the molecule is Cn1nnnc1N1C[C@@H]2C(NC(=O)c3conc3C3CCC3)[C@@H]2C1. The topological polar surface area (TPSA) is 102 Å². The van der Waals surface area contributed by atoms with Gasteiger partial charge in [-0.25, -0.2) is 4.68 Å². The van der Waals surface area contributed by atoms with Crippen LogP contribution in [0.15, 0.2) is 10.8 Å². The molecule has 3 atom stereocenters. The summed E-state index contributed by atoms with van der Waals surface area (Å²) in [5.41, 5.74) is 1.44. The predicted molar refractivity (Wildman–Crippen MR) is 82.3 cm³/mol. The molecule has 5 rings (SSSR count). The first-order valence-electron chi connectivity index (χ1n) is 8.45. The molecule has 9 heteroatoms. The number of piperidine rings is 1. The Kier molecular flexibility index (Phi) is 2.92. The Balaban J connectivity index is 1.22. The van der Waals surface area contributed by atoms with E-state index in [1.165, 1.54) is 12.7 Å². The van der Waals surface area contributed by atoms with Crippen LogP contribution in [0.2, 0.25) is 0 Å². The maximum Gasteiger partial charge on any atom is 0.256 e. The highest BCUT2D eigenvalue weighted by Crippen LogP contribution is 2.46. The van der Waals surface area contributed by atoms with E-state index in [0.717, 1.165) is 37.6 Å². The number of rotatable bonds is 4. The van der Waals surface area contributed by atoms with E-state index < -0.39 is 0 Å². The van der Waals surface area contributed by atoms with E-state index in [1.54, 1.807) is 4.68 Å². The van der Waals surface area contributed by atoms with E-state index in [0.29, 0.717) is 23.3 Å². The molecular formula is C15H19N7O2. The van der Waals surface area contributed by atoms with Crippen LogP contribution in [0.1, 0.15) is 41.2 Å². The lowest BCUT2D eigenvalue weighted by molar-refractivity contribution is 0.0944. The number of fused-ring (bicyclic) bond motifs is 1. The number of aromatic nitrogens is 5. The summed E-state index contributed by atoms with van der Waals surface area (Å²) in [6.07, 6.45) is 4.89. The second-order valence-corrected chi connectivity index (χ2v) is 7.08. The molecule has 2 saturated carbocycles. The van der Waals surface area contributed by atoms with E-state index in [1.807, 2.05) is 7.05 Å². The number of hydrogen-bond donors (Lipinski definition) is 1. The van der Waals surface area contributed by atoms with Crippen molar-refractivity contribution in [1.82, 2.24) is 30.7 Å². The summed E-state index contributed by atoms with van der Waals surface area (Å²) >= 11 is 0. The Morgan fingerprint density at radius 1 is 1.33 bits per heavy atom. The predicted octanol–water partition coefficient (Wildman–Crippen LogP) is 0.330. The monoisotopic (exact) mass is 329 g/mol. The van der Waals surface area contributed by atoms with Gasteiger partial charge in [-0.2, -0.15) is 0 Å². The van der Waals surface area contributed by atoms with Crippen molar-refractivity contribution in [2.24, 2.45) is 18.9 Å². The van der Waals surface area contributed by atoms with Gasteiger partial charge in [-0.1, -0.05) is 16.7 Å². The minimum Gasteiger partial charge on any atom is -0.364 e. The number of aryl methyl sites for hydroxylation is 1. The van der Waals surface area contributed by atoms with Crippen molar-refractivity contribution in [3.05, 3.63) is 17.5 Å². The minimum atomic E-state index is -0.0515. The van der Waals surface area contributed by atoms with Gasteiger partial charge < -0.3 is 14.7 Å². The Labute approximate surface area is 138 Å². The molecule has 9 nitrogen and oxygen atoms in total. The van der Waals surface area contributed by atoms with Gasteiger partial charge in [0.05, 0.1) is 5.69 Å². The highest BCUT2D eigenvalue weighted by Gasteiger charge is 2.57. The van der Waals surface area contributed by atoms with Crippen molar-refractivity contribution >= 4 is 11.9 Å². The smallest absolute Gasteiger partial charge is 0.256 e. The van der Waals surface area contributed by atoms with Gasteiger partial charge in [-0.05, 0) is 23.3 Å². The van der Waals surface area contributed by atoms with E-state index in [9.17, 15) is 4.79 Å². The summed E-state index contributed by atoms with van der Waals surface area (Å²) in [6, 6.07) is 0.235. The molecule has 1 unspecified atom stereocenters. The minimum absolute atomic E-state index is 0.0515. The van der Waals surface area contributed by atoms with Crippen LogP contribution in [-0.4, -0.2) is 50.4 Å². The average molecular weight is 329 g/mol. The van der Waals surface area contributed by atoms with Crippen LogP contribution in [0.4, 0.5) is 5.95 Å². The van der Waals surface area contributed by atoms with Gasteiger partial charge in [-0.3, -0.25) is 4.79 Å². The molecule has 2 aliphatic carbocycles. The zero-order valence-corrected chi connectivity index (χ0v) is 13.4. The molecule has 3 heterocycles. The number of hydrogen-bond acceptors (Lipinski definition) is 7. The quantitative estimate of drug-likeness (QED) is 0.862. The fourth-order valence-corrected chi connectivity index (χ4v) is 4.02. The van der Waals surface area contributed by atoms with E-state index in [-0.39, 0.29) is 11.9 Å². The normalized spacial score (nSPS) is 28.5. The molecule has 126 valence electrons. The van der Waals surface area contributed by atoms with Crippen LogP contribution in [0, 0.1) is 11.8 Å². The first kappa shape index (κ1) is 13.9. The maximum absolute atomic E-state index is 12.6. The Hall–Kier alpha value is -2.45. The summed E-state index contributed by atoms with van der Waals surface area (Å²) in [6.45, 7) is 1.76. The number of carbonyl (C=O) groups is 1. The van der Waals surface area contributed by atoms with Crippen molar-refractivity contribution in [2.45, 2.75) is 31.2 Å². The second-order valence-electron chi connectivity index (χ2n) is 7.08. The summed E-state index contributed by atoms with van der Waals surface area (Å²) in [4.78, 5) is 14.7. The van der Waals surface area contributed by atoms with E-state index in [2.05, 4.69) is 30.9 Å². The Morgan fingerprint density at radius 3 is 2.75 bits per heavy atom. The van der Waals surface area contributed by atoms with Gasteiger partial charge in [-0.15, -0.1) is 0 Å². The number of tetrazole rings is 1. The molecule has 0 aromatic carbocycles. The summed E-state index contributed by atoms with van der Waals surface area (Å²) in [5, 5.41) is 18.8. The molecule has 3 fully saturated rings. The molecule has 2 aromatic rings. The molecule has 1 saturated heterocycles. The highest BCUT2D eigenvalue weighted by molar-refractivity contribution is 5.95. The fourth-order valence-electron chi connectivity index (χ4n) is 4.02. The molecule has 1 amide bonds. The summed E-state index contributed by atoms with van der Waals surface area (Å²) < 4.78 is 6.74. The van der Waals surface area contributed by atoms with E-state index >= 15 is 0 Å². The number of nitrogens with one attached hydrogen (secondary N) is 1. The zero-order valence-electron chi connectivity index (χ0n) is 13.4. The molecule has 3 aliphatic rings. The molecule has 1 aliphatic heterocycles. The molecule has 0 bridgehead atoms. The van der Waals surface area contributed by atoms with Crippen LogP contribution < -0.4 is 10.2 Å². The van der Waals surface area contributed by atoms with Crippen molar-refractivity contribution < 1.29 is 9.32 Å². The van der Waals surface area contributed by atoms with Crippen LogP contribution in [0.5, 0.6) is 0 Å². The standard InChI is InChI=1S/C15H19N7O2/c1-21-15(17-19-20-21)22-5-9-10(6-22)13(9)16-14(23)11-7-24-18-12(11)8-3-2-4-8/h7-10,13H,2-6H2,1H3,(H,16,23)/t9-,10+,13?. The number of nitrogens with zero attached hydrogens (tertiary/aromatic N) is 6. The lowest BCUT2D eigenvalue weighted by Crippen LogP contribution is -2.36. The van der Waals surface area contributed by atoms with Gasteiger partial charge in [0.1, 0.15) is 11.8 Å². The largest absolute Gasteiger partial charge is 0.364 e. The van der Waals surface area contributed by atoms with Crippen LogP contribution in [0.25, 0.3) is 0 Å². The summed E-state index contributed by atoms with van der Waals surface area (Å²) in [7, 11) is 1.84. The van der Waals surface area contributed by atoms with Crippen LogP contribution in [0.3, 0.4) is 0 Å². The third-order valence-corrected chi connectivity index (χ3v) is 5.71. The average Bonchev–Trinajstić information content (AvgIpc) is 3.02. The lowest BCUT2D eigenvalue weighted by atomic mass is 9.81. The van der Waals surface area contributed by atoms with Gasteiger partial charge >= 0.3 is 0 Å². The molecule has 0 radical (unpaired) electrons. The Morgan fingerprint density at radius 2 is 2.12 bits per heavy atom. The molecule has 2 aromatic heterocycles. The second kappa shape index (κ2) is 5.02. The highest BCUT2D eigenvalue weighted by atomic mass is 16.5. The van der Waals surface area contributed by atoms with Gasteiger partial charge in [0.25, 0.3) is 5.91 Å². The number of amides is 1. The first-order chi connectivity index (χ1) is 11.7. The van der Waals surface area contributed by atoms with Gasteiger partial charge in [0, 0.05) is 43.9 Å². The van der Waals surface area contributed by atoms with Crippen molar-refractivity contribution in [2.75, 3.05) is 18.0 Å². The molecule has 24 heavy (non-hydrogen) atoms. The molecule has 0 spiro atoms. The third kappa shape index (κ3) is 2.03. The summed E-state index contributed by atoms with van der Waals surface area (Å²) in [5.74, 6) is 2.07. The Bertz CT molecular complexity index is 768. The third-order valence-electron chi connectivity index (χ3n) is 5.71. The first-order valence-corrected chi connectivity index (χ1v) is 8.45.